The third kappa shape index (κ3) is 16.9. The van der Waals surface area contributed by atoms with Crippen molar-refractivity contribution in [3.8, 4) is 0 Å². The zero-order valence-electron chi connectivity index (χ0n) is 19.1. The second kappa shape index (κ2) is 14.3. The molecule has 0 saturated carbocycles. The van der Waals surface area contributed by atoms with Crippen LogP contribution in [0.5, 0.6) is 0 Å². The van der Waals surface area contributed by atoms with Crippen LogP contribution in [0.3, 0.4) is 0 Å². The van der Waals surface area contributed by atoms with E-state index < -0.39 is 23.7 Å². The molecular formula is C23H39NO4S. The smallest absolute Gasteiger partial charge is 0.408 e. The van der Waals surface area contributed by atoms with E-state index in [0.717, 1.165) is 31.4 Å². The van der Waals surface area contributed by atoms with Crippen molar-refractivity contribution in [3.63, 3.8) is 0 Å². The Balaban J connectivity index is 4.25. The van der Waals surface area contributed by atoms with Gasteiger partial charge in [-0.25, -0.2) is 9.59 Å². The third-order valence-corrected chi connectivity index (χ3v) is 4.92. The van der Waals surface area contributed by atoms with Crippen LogP contribution in [0.2, 0.25) is 0 Å². The Morgan fingerprint density at radius 1 is 1.00 bits per heavy atom. The quantitative estimate of drug-likeness (QED) is 0.291. The first-order valence-corrected chi connectivity index (χ1v) is 11.3. The fourth-order valence-corrected chi connectivity index (χ4v) is 3.35. The van der Waals surface area contributed by atoms with Crippen molar-refractivity contribution in [2.24, 2.45) is 0 Å². The number of amides is 1. The summed E-state index contributed by atoms with van der Waals surface area (Å²) in [7, 11) is 0. The van der Waals surface area contributed by atoms with Gasteiger partial charge in [0.15, 0.2) is 0 Å². The van der Waals surface area contributed by atoms with Gasteiger partial charge in [0.05, 0.1) is 0 Å². The Bertz CT molecular complexity index is 611. The fourth-order valence-electron chi connectivity index (χ4n) is 2.35. The minimum Gasteiger partial charge on any atom is -0.480 e. The summed E-state index contributed by atoms with van der Waals surface area (Å²) in [6, 6.07) is -0.963. The molecule has 1 atom stereocenters. The summed E-state index contributed by atoms with van der Waals surface area (Å²) in [6.45, 7) is 13.7. The molecule has 0 fully saturated rings. The highest BCUT2D eigenvalue weighted by atomic mass is 32.2. The fraction of sp³-hybridized carbons (Fsp3) is 0.652. The second-order valence-electron chi connectivity index (χ2n) is 8.53. The first kappa shape index (κ1) is 27.3. The van der Waals surface area contributed by atoms with Crippen molar-refractivity contribution in [1.29, 1.82) is 0 Å². The van der Waals surface area contributed by atoms with Crippen molar-refractivity contribution < 1.29 is 19.4 Å². The van der Waals surface area contributed by atoms with Gasteiger partial charge < -0.3 is 15.2 Å². The highest BCUT2D eigenvalue weighted by molar-refractivity contribution is 7.99. The maximum atomic E-state index is 11.8. The summed E-state index contributed by atoms with van der Waals surface area (Å²) in [5.74, 6) is -0.0471. The molecule has 0 aromatic heterocycles. The van der Waals surface area contributed by atoms with Crippen LogP contribution in [0.4, 0.5) is 4.79 Å². The molecule has 0 aromatic rings. The van der Waals surface area contributed by atoms with Crippen molar-refractivity contribution >= 4 is 23.8 Å². The topological polar surface area (TPSA) is 75.6 Å². The molecule has 0 aliphatic carbocycles. The molecule has 0 radical (unpaired) electrons. The maximum Gasteiger partial charge on any atom is 0.408 e. The van der Waals surface area contributed by atoms with E-state index in [0.29, 0.717) is 5.75 Å². The number of carboxylic acid groups (broad SMARTS) is 1. The van der Waals surface area contributed by atoms with Crippen LogP contribution in [-0.4, -0.2) is 40.3 Å². The molecule has 0 aromatic carbocycles. The molecule has 5 nitrogen and oxygen atoms in total. The van der Waals surface area contributed by atoms with Crippen LogP contribution in [-0.2, 0) is 9.53 Å². The summed E-state index contributed by atoms with van der Waals surface area (Å²) in [6.07, 6.45) is 10.2. The molecule has 0 aliphatic rings. The van der Waals surface area contributed by atoms with Gasteiger partial charge in [0, 0.05) is 11.5 Å². The Kier molecular flexibility index (Phi) is 13.5. The van der Waals surface area contributed by atoms with Gasteiger partial charge in [0.1, 0.15) is 11.6 Å². The standard InChI is InChI=1S/C23H39NO4S/c1-17(2)10-8-11-18(3)12-9-13-19(4)14-15-29-16-20(21(25)26)24-22(27)28-23(5,6)7/h10,12,14,20H,8-9,11,13,15-16H2,1-7H3,(H,24,27)(H,25,26)/b18-12+,19-14+/t20-/m0/s1. The van der Waals surface area contributed by atoms with Crippen LogP contribution < -0.4 is 5.32 Å². The Hall–Kier alpha value is -1.69. The molecule has 0 rings (SSSR count). The van der Waals surface area contributed by atoms with Gasteiger partial charge in [0.2, 0.25) is 0 Å². The number of alkyl carbamates (subject to hydrolysis) is 1. The minimum atomic E-state index is -1.06. The first-order chi connectivity index (χ1) is 13.4. The molecule has 6 heteroatoms. The van der Waals surface area contributed by atoms with Gasteiger partial charge in [-0.3, -0.25) is 0 Å². The molecule has 2 N–H and O–H groups in total. The van der Waals surface area contributed by atoms with Crippen molar-refractivity contribution in [1.82, 2.24) is 5.32 Å². The van der Waals surface area contributed by atoms with E-state index in [9.17, 15) is 14.7 Å². The van der Waals surface area contributed by atoms with E-state index in [4.69, 9.17) is 4.74 Å². The molecular weight excluding hydrogens is 386 g/mol. The Morgan fingerprint density at radius 3 is 2.07 bits per heavy atom. The summed E-state index contributed by atoms with van der Waals surface area (Å²) in [4.78, 5) is 23.1. The zero-order chi connectivity index (χ0) is 22.4. The zero-order valence-corrected chi connectivity index (χ0v) is 19.9. The SMILES string of the molecule is CC(C)=CCC/C(C)=C/CC/C(C)=C/CSC[C@H](NC(=O)OC(C)(C)C)C(=O)O. The molecule has 0 aliphatic heterocycles. The minimum absolute atomic E-state index is 0.293. The maximum absolute atomic E-state index is 11.8. The normalized spacial score (nSPS) is 13.6. The Morgan fingerprint density at radius 2 is 1.55 bits per heavy atom. The highest BCUT2D eigenvalue weighted by Crippen LogP contribution is 2.13. The second-order valence-corrected chi connectivity index (χ2v) is 9.61. The number of carbonyl (C=O) groups excluding carboxylic acids is 1. The number of hydrogen-bond acceptors (Lipinski definition) is 4. The van der Waals surface area contributed by atoms with Crippen molar-refractivity contribution in [2.75, 3.05) is 11.5 Å². The number of carbonyl (C=O) groups is 2. The van der Waals surface area contributed by atoms with Crippen LogP contribution in [0, 0.1) is 0 Å². The summed E-state index contributed by atoms with van der Waals surface area (Å²) in [5, 5.41) is 11.7. The lowest BCUT2D eigenvalue weighted by molar-refractivity contribution is -0.138. The molecule has 0 unspecified atom stereocenters. The number of rotatable bonds is 12. The summed E-state index contributed by atoms with van der Waals surface area (Å²) < 4.78 is 5.12. The van der Waals surface area contributed by atoms with Crippen LogP contribution >= 0.6 is 11.8 Å². The lowest BCUT2D eigenvalue weighted by Crippen LogP contribution is -2.44. The molecule has 0 bridgehead atoms. The van der Waals surface area contributed by atoms with Gasteiger partial charge in [-0.15, -0.1) is 0 Å². The predicted octanol–water partition coefficient (Wildman–Crippen LogP) is 6.12. The lowest BCUT2D eigenvalue weighted by Gasteiger charge is -2.21. The van der Waals surface area contributed by atoms with Crippen LogP contribution in [0.25, 0.3) is 0 Å². The molecule has 0 spiro atoms. The van der Waals surface area contributed by atoms with Crippen molar-refractivity contribution in [3.05, 3.63) is 34.9 Å². The van der Waals surface area contributed by atoms with Crippen LogP contribution in [0.15, 0.2) is 34.9 Å². The van der Waals surface area contributed by atoms with Gasteiger partial charge in [-0.2, -0.15) is 11.8 Å². The molecule has 0 heterocycles. The van der Waals surface area contributed by atoms with Crippen LogP contribution in [0.1, 0.15) is 74.1 Å². The van der Waals surface area contributed by atoms with Gasteiger partial charge in [0.25, 0.3) is 0 Å². The molecule has 166 valence electrons. The number of thioether (sulfide) groups is 1. The van der Waals surface area contributed by atoms with E-state index in [-0.39, 0.29) is 0 Å². The number of carboxylic acids is 1. The van der Waals surface area contributed by atoms with E-state index in [1.807, 2.05) is 0 Å². The monoisotopic (exact) mass is 425 g/mol. The first-order valence-electron chi connectivity index (χ1n) is 10.2. The summed E-state index contributed by atoms with van der Waals surface area (Å²) in [5.41, 5.74) is 3.42. The number of nitrogens with one attached hydrogen (secondary N) is 1. The van der Waals surface area contributed by atoms with Gasteiger partial charge in [-0.1, -0.05) is 34.9 Å². The largest absolute Gasteiger partial charge is 0.480 e. The van der Waals surface area contributed by atoms with Gasteiger partial charge >= 0.3 is 12.1 Å². The van der Waals surface area contributed by atoms with E-state index in [1.165, 1.54) is 28.5 Å². The molecule has 0 saturated heterocycles. The lowest BCUT2D eigenvalue weighted by atomic mass is 10.1. The third-order valence-electron chi connectivity index (χ3n) is 3.95. The van der Waals surface area contributed by atoms with E-state index >= 15 is 0 Å². The average molecular weight is 426 g/mol. The number of ether oxygens (including phenoxy) is 1. The van der Waals surface area contributed by atoms with Gasteiger partial charge in [-0.05, 0) is 74.1 Å². The highest BCUT2D eigenvalue weighted by Gasteiger charge is 2.23. The van der Waals surface area contributed by atoms with E-state index in [1.54, 1.807) is 20.8 Å². The number of allylic oxidation sites excluding steroid dienone is 5. The summed E-state index contributed by atoms with van der Waals surface area (Å²) >= 11 is 1.48. The predicted molar refractivity (Wildman–Crippen MR) is 124 cm³/mol. The average Bonchev–Trinajstić information content (AvgIpc) is 2.55. The number of aliphatic carboxylic acids is 1. The Labute approximate surface area is 181 Å². The molecule has 29 heavy (non-hydrogen) atoms. The molecule has 1 amide bonds. The number of hydrogen-bond donors (Lipinski definition) is 2. The van der Waals surface area contributed by atoms with E-state index in [2.05, 4.69) is 51.2 Å². The van der Waals surface area contributed by atoms with Crippen molar-refractivity contribution in [2.45, 2.75) is 85.8 Å².